The Hall–Kier alpha value is -0.200. The zero-order valence-electron chi connectivity index (χ0n) is 11.3. The van der Waals surface area contributed by atoms with Crippen molar-refractivity contribution in [3.63, 3.8) is 0 Å². The first-order chi connectivity index (χ1) is 9.45. The lowest BCUT2D eigenvalue weighted by Crippen LogP contribution is -2.07. The molecule has 0 N–H and O–H groups in total. The van der Waals surface area contributed by atoms with Crippen molar-refractivity contribution in [1.29, 1.82) is 0 Å². The van der Waals surface area contributed by atoms with Crippen LogP contribution in [0.4, 0.5) is 0 Å². The SMILES string of the molecule is CC(C)Cc1nc(Cc2cccc(Br)c2)nc(Cl)c1I. The number of benzene rings is 1. The molecule has 2 aromatic rings. The van der Waals surface area contributed by atoms with E-state index in [4.69, 9.17) is 11.6 Å². The van der Waals surface area contributed by atoms with Gasteiger partial charge in [-0.3, -0.25) is 0 Å². The smallest absolute Gasteiger partial charge is 0.146 e. The van der Waals surface area contributed by atoms with Gasteiger partial charge in [0.05, 0.1) is 9.26 Å². The van der Waals surface area contributed by atoms with Crippen molar-refractivity contribution in [2.75, 3.05) is 0 Å². The molecular formula is C15H15BrClIN2. The Morgan fingerprint density at radius 2 is 2.05 bits per heavy atom. The first kappa shape index (κ1) is 16.2. The molecule has 0 saturated heterocycles. The van der Waals surface area contributed by atoms with Crippen LogP contribution in [0.1, 0.15) is 30.9 Å². The molecule has 20 heavy (non-hydrogen) atoms. The molecule has 1 aromatic carbocycles. The van der Waals surface area contributed by atoms with Crippen LogP contribution in [0.5, 0.6) is 0 Å². The highest BCUT2D eigenvalue weighted by Gasteiger charge is 2.12. The third-order valence-corrected chi connectivity index (χ3v) is 5.00. The van der Waals surface area contributed by atoms with Gasteiger partial charge in [-0.25, -0.2) is 9.97 Å². The van der Waals surface area contributed by atoms with Crippen molar-refractivity contribution >= 4 is 50.1 Å². The van der Waals surface area contributed by atoms with E-state index in [1.165, 1.54) is 5.56 Å². The molecular weight excluding hydrogens is 450 g/mol. The lowest BCUT2D eigenvalue weighted by Gasteiger charge is -2.10. The van der Waals surface area contributed by atoms with Gasteiger partial charge in [0.15, 0.2) is 0 Å². The fraction of sp³-hybridized carbons (Fsp3) is 0.333. The minimum Gasteiger partial charge on any atom is -0.236 e. The Labute approximate surface area is 146 Å². The minimum atomic E-state index is 0.549. The molecule has 0 amide bonds. The summed E-state index contributed by atoms with van der Waals surface area (Å²) in [6.45, 7) is 4.36. The molecule has 0 radical (unpaired) electrons. The minimum absolute atomic E-state index is 0.549. The Balaban J connectivity index is 2.30. The summed E-state index contributed by atoms with van der Waals surface area (Å²) in [7, 11) is 0. The number of nitrogens with zero attached hydrogens (tertiary/aromatic N) is 2. The van der Waals surface area contributed by atoms with Crippen LogP contribution in [0.3, 0.4) is 0 Å². The van der Waals surface area contributed by atoms with Crippen LogP contribution in [0.25, 0.3) is 0 Å². The van der Waals surface area contributed by atoms with Crippen LogP contribution in [0.2, 0.25) is 5.15 Å². The van der Waals surface area contributed by atoms with Crippen molar-refractivity contribution in [3.8, 4) is 0 Å². The van der Waals surface area contributed by atoms with Gasteiger partial charge in [-0.2, -0.15) is 0 Å². The van der Waals surface area contributed by atoms with E-state index in [9.17, 15) is 0 Å². The van der Waals surface area contributed by atoms with Crippen LogP contribution in [0.15, 0.2) is 28.7 Å². The van der Waals surface area contributed by atoms with E-state index in [-0.39, 0.29) is 0 Å². The van der Waals surface area contributed by atoms with E-state index in [0.717, 1.165) is 26.0 Å². The fourth-order valence-electron chi connectivity index (χ4n) is 1.94. The molecule has 2 rings (SSSR count). The molecule has 0 aliphatic rings. The summed E-state index contributed by atoms with van der Waals surface area (Å²) in [5.41, 5.74) is 2.22. The second-order valence-corrected chi connectivity index (χ2v) is 7.45. The second kappa shape index (κ2) is 7.18. The van der Waals surface area contributed by atoms with Crippen molar-refractivity contribution in [1.82, 2.24) is 9.97 Å². The van der Waals surface area contributed by atoms with Crippen molar-refractivity contribution < 1.29 is 0 Å². The molecule has 0 aliphatic heterocycles. The van der Waals surface area contributed by atoms with Gasteiger partial charge in [0.2, 0.25) is 0 Å². The zero-order chi connectivity index (χ0) is 14.7. The molecule has 0 bridgehead atoms. The number of hydrogen-bond donors (Lipinski definition) is 0. The normalized spacial score (nSPS) is 11.1. The maximum atomic E-state index is 6.23. The van der Waals surface area contributed by atoms with E-state index < -0.39 is 0 Å². The second-order valence-electron chi connectivity index (χ2n) is 5.10. The fourth-order valence-corrected chi connectivity index (χ4v) is 3.06. The summed E-state index contributed by atoms with van der Waals surface area (Å²) in [6.07, 6.45) is 1.62. The van der Waals surface area contributed by atoms with Crippen molar-refractivity contribution in [2.24, 2.45) is 5.92 Å². The monoisotopic (exact) mass is 464 g/mol. The summed E-state index contributed by atoms with van der Waals surface area (Å²) in [5, 5.41) is 0.557. The maximum Gasteiger partial charge on any atom is 0.146 e. The van der Waals surface area contributed by atoms with Crippen LogP contribution in [0, 0.1) is 9.49 Å². The van der Waals surface area contributed by atoms with Gasteiger partial charge in [0, 0.05) is 10.9 Å². The number of hydrogen-bond acceptors (Lipinski definition) is 2. The first-order valence-electron chi connectivity index (χ1n) is 6.41. The van der Waals surface area contributed by atoms with Gasteiger partial charge in [-0.05, 0) is 52.6 Å². The highest BCUT2D eigenvalue weighted by Crippen LogP contribution is 2.23. The molecule has 1 heterocycles. The van der Waals surface area contributed by atoms with E-state index in [1.807, 2.05) is 12.1 Å². The average molecular weight is 466 g/mol. The van der Waals surface area contributed by atoms with Crippen LogP contribution in [-0.2, 0) is 12.8 Å². The third kappa shape index (κ3) is 4.40. The summed E-state index contributed by atoms with van der Waals surface area (Å²) < 4.78 is 2.03. The van der Waals surface area contributed by atoms with Gasteiger partial charge in [-0.15, -0.1) is 0 Å². The third-order valence-electron chi connectivity index (χ3n) is 2.78. The van der Waals surface area contributed by atoms with Gasteiger partial charge >= 0.3 is 0 Å². The predicted molar refractivity (Wildman–Crippen MR) is 95.2 cm³/mol. The van der Waals surface area contributed by atoms with Crippen LogP contribution in [-0.4, -0.2) is 9.97 Å². The molecule has 0 spiro atoms. The largest absolute Gasteiger partial charge is 0.236 e. The number of aromatic nitrogens is 2. The molecule has 106 valence electrons. The predicted octanol–water partition coefficient (Wildman–Crippen LogP) is 5.29. The summed E-state index contributed by atoms with van der Waals surface area (Å²) in [5.74, 6) is 1.33. The molecule has 0 aliphatic carbocycles. The average Bonchev–Trinajstić information content (AvgIpc) is 2.35. The first-order valence-corrected chi connectivity index (χ1v) is 8.66. The Bertz CT molecular complexity index is 617. The number of halogens is 3. The molecule has 0 unspecified atom stereocenters. The molecule has 1 aromatic heterocycles. The van der Waals surface area contributed by atoms with Crippen molar-refractivity contribution in [2.45, 2.75) is 26.7 Å². The van der Waals surface area contributed by atoms with Gasteiger partial charge < -0.3 is 0 Å². The van der Waals surface area contributed by atoms with E-state index in [0.29, 0.717) is 17.5 Å². The molecule has 2 nitrogen and oxygen atoms in total. The Morgan fingerprint density at radius 1 is 1.30 bits per heavy atom. The van der Waals surface area contributed by atoms with Gasteiger partial charge in [0.1, 0.15) is 11.0 Å². The van der Waals surface area contributed by atoms with Crippen LogP contribution < -0.4 is 0 Å². The zero-order valence-corrected chi connectivity index (χ0v) is 15.8. The van der Waals surface area contributed by atoms with Gasteiger partial charge in [-0.1, -0.05) is 53.5 Å². The van der Waals surface area contributed by atoms with Crippen LogP contribution >= 0.6 is 50.1 Å². The lowest BCUT2D eigenvalue weighted by molar-refractivity contribution is 0.628. The molecule has 0 atom stereocenters. The summed E-state index contributed by atoms with van der Waals surface area (Å²) >= 11 is 11.9. The van der Waals surface area contributed by atoms with Crippen molar-refractivity contribution in [3.05, 3.63) is 54.5 Å². The maximum absolute atomic E-state index is 6.23. The van der Waals surface area contributed by atoms with Gasteiger partial charge in [0.25, 0.3) is 0 Å². The molecule has 0 saturated carbocycles. The Morgan fingerprint density at radius 3 is 2.70 bits per heavy atom. The highest BCUT2D eigenvalue weighted by atomic mass is 127. The number of rotatable bonds is 4. The lowest BCUT2D eigenvalue weighted by atomic mass is 10.1. The highest BCUT2D eigenvalue weighted by molar-refractivity contribution is 14.1. The quantitative estimate of drug-likeness (QED) is 0.453. The molecule has 0 fully saturated rings. The van der Waals surface area contributed by atoms with E-state index >= 15 is 0 Å². The standard InChI is InChI=1S/C15H15BrClIN2/c1-9(2)6-12-14(18)15(17)20-13(19-12)8-10-4-3-5-11(16)7-10/h3-5,7,9H,6,8H2,1-2H3. The van der Waals surface area contributed by atoms with E-state index in [2.05, 4.69) is 74.5 Å². The topological polar surface area (TPSA) is 25.8 Å². The summed E-state index contributed by atoms with van der Waals surface area (Å²) in [4.78, 5) is 9.08. The van der Waals surface area contributed by atoms with E-state index in [1.54, 1.807) is 0 Å². The Kier molecular flexibility index (Phi) is 5.81. The molecule has 5 heteroatoms. The summed E-state index contributed by atoms with van der Waals surface area (Å²) in [6, 6.07) is 8.18.